The summed E-state index contributed by atoms with van der Waals surface area (Å²) in [6, 6.07) is 6.98. The number of likely N-dealkylation sites (tertiary alicyclic amines) is 2. The van der Waals surface area contributed by atoms with E-state index in [1.165, 1.54) is 48.1 Å². The number of anilines is 2. The van der Waals surface area contributed by atoms with Gasteiger partial charge >= 0.3 is 12.1 Å². The Morgan fingerprint density at radius 2 is 1.73 bits per heavy atom. The van der Waals surface area contributed by atoms with E-state index in [1.54, 1.807) is 0 Å². The summed E-state index contributed by atoms with van der Waals surface area (Å²) in [6.07, 6.45) is 1.50. The maximum atomic E-state index is 14.1. The number of fused-ring (bicyclic) bond motifs is 2. The molecule has 3 aromatic heterocycles. The molecule has 4 fully saturated rings. The fourth-order valence-electron chi connectivity index (χ4n) is 9.14. The Kier molecular flexibility index (Phi) is 10.6. The largest absolute Gasteiger partial charge is 0.477 e. The quantitative estimate of drug-likeness (QED) is 0.172. The first-order chi connectivity index (χ1) is 28.1. The molecular formula is C39H44ClF3N11O5+. The van der Waals surface area contributed by atoms with E-state index in [-0.39, 0.29) is 75.5 Å². The molecule has 0 saturated carbocycles. The van der Waals surface area contributed by atoms with Crippen molar-refractivity contribution in [2.75, 3.05) is 63.4 Å². The number of carboxylic acid groups (broad SMARTS) is 1. The Bertz CT molecular complexity index is 2270. The summed E-state index contributed by atoms with van der Waals surface area (Å²) in [6.45, 7) is 4.78. The van der Waals surface area contributed by atoms with Crippen LogP contribution in [0.3, 0.4) is 0 Å². The predicted octanol–water partition coefficient (Wildman–Crippen LogP) is 3.52. The Morgan fingerprint density at radius 3 is 2.32 bits per heavy atom. The van der Waals surface area contributed by atoms with E-state index in [4.69, 9.17) is 17.3 Å². The number of aliphatic carboxylic acids is 1. The minimum Gasteiger partial charge on any atom is -0.477 e. The van der Waals surface area contributed by atoms with Gasteiger partial charge in [-0.25, -0.2) is 19.4 Å². The van der Waals surface area contributed by atoms with Crippen molar-refractivity contribution < 1.29 is 41.9 Å². The highest BCUT2D eigenvalue weighted by Gasteiger charge is 2.47. The number of hydrogen-bond acceptors (Lipinski definition) is 9. The molecule has 3 amide bonds. The standard InChI is InChI=1S/C39H43ClF3N11O5/c1-50-31(29-19-52(49-34(29)39(41,42)43)32-7-2-24(44)15-46-32)16-47-35(50)36(57)48-25-3-6-28(30(40)12-25)38(59)53-26-4-5-27(53)18-51(17-26)37(58)23-8-10-54(11-9-23,21-33(55)56)20-22-13-45-14-22/h2-3,6-7,12,15-16,19,22-23,26-27,45H,4-5,8-11,13-14,17-18,20-21,44H2,1H3,(H-,48,55,56,57,59)/p+1. The van der Waals surface area contributed by atoms with Gasteiger partial charge in [-0.05, 0) is 43.2 Å². The molecule has 4 aromatic rings. The maximum Gasteiger partial charge on any atom is 0.435 e. The van der Waals surface area contributed by atoms with Crippen LogP contribution in [0, 0.1) is 11.8 Å². The molecule has 7 heterocycles. The van der Waals surface area contributed by atoms with Gasteiger partial charge in [-0.3, -0.25) is 14.4 Å². The van der Waals surface area contributed by atoms with Crippen molar-refractivity contribution in [3.8, 4) is 17.1 Å². The van der Waals surface area contributed by atoms with Gasteiger partial charge in [0.2, 0.25) is 5.91 Å². The van der Waals surface area contributed by atoms with Crippen LogP contribution in [0.4, 0.5) is 24.5 Å². The minimum atomic E-state index is -4.83. The number of nitrogens with zero attached hydrogens (tertiary/aromatic N) is 8. The van der Waals surface area contributed by atoms with Gasteiger partial charge in [0.05, 0.1) is 71.6 Å². The molecular weight excluding hydrogens is 795 g/mol. The van der Waals surface area contributed by atoms with Gasteiger partial charge < -0.3 is 40.3 Å². The molecule has 0 aliphatic carbocycles. The number of nitrogen functional groups attached to an aromatic ring is 1. The number of piperidine rings is 1. The lowest BCUT2D eigenvalue weighted by Gasteiger charge is -2.47. The zero-order chi connectivity index (χ0) is 41.8. The van der Waals surface area contributed by atoms with Gasteiger partial charge in [0.15, 0.2) is 23.9 Å². The Balaban J connectivity index is 0.908. The number of alkyl halides is 3. The number of rotatable bonds is 10. The fourth-order valence-corrected chi connectivity index (χ4v) is 9.40. The smallest absolute Gasteiger partial charge is 0.435 e. The van der Waals surface area contributed by atoms with Crippen LogP contribution < -0.4 is 16.4 Å². The molecule has 8 rings (SSSR count). The number of quaternary nitrogens is 1. The first-order valence-corrected chi connectivity index (χ1v) is 19.9. The third kappa shape index (κ3) is 7.97. The highest BCUT2D eigenvalue weighted by atomic mass is 35.5. The molecule has 5 N–H and O–H groups in total. The average molecular weight is 839 g/mol. The van der Waals surface area contributed by atoms with Crippen molar-refractivity contribution in [2.45, 2.75) is 43.9 Å². The molecule has 2 atom stereocenters. The normalized spacial score (nSPS) is 23.2. The monoisotopic (exact) mass is 838 g/mol. The van der Waals surface area contributed by atoms with Crippen LogP contribution in [0.5, 0.6) is 0 Å². The van der Waals surface area contributed by atoms with Gasteiger partial charge in [-0.15, -0.1) is 0 Å². The number of aromatic nitrogens is 5. The topological polar surface area (TPSA) is 194 Å². The lowest BCUT2D eigenvalue weighted by Crippen LogP contribution is -2.63. The third-order valence-corrected chi connectivity index (χ3v) is 12.5. The number of hydrogen-bond donors (Lipinski definition) is 4. The fraction of sp³-hybridized carbons (Fsp3) is 0.462. The number of carbonyl (C=O) groups is 4. The summed E-state index contributed by atoms with van der Waals surface area (Å²) in [5, 5.41) is 19.4. The van der Waals surface area contributed by atoms with Crippen molar-refractivity contribution in [3.05, 3.63) is 71.0 Å². The summed E-state index contributed by atoms with van der Waals surface area (Å²) >= 11 is 6.65. The number of carboxylic acids is 1. The molecule has 20 heteroatoms. The van der Waals surface area contributed by atoms with Crippen LogP contribution in [0.25, 0.3) is 17.1 Å². The highest BCUT2D eigenvalue weighted by Crippen LogP contribution is 2.38. The van der Waals surface area contributed by atoms with Gasteiger partial charge in [0.1, 0.15) is 0 Å². The second kappa shape index (κ2) is 15.6. The van der Waals surface area contributed by atoms with E-state index in [9.17, 15) is 37.5 Å². The number of imidazole rings is 1. The first kappa shape index (κ1) is 40.3. The summed E-state index contributed by atoms with van der Waals surface area (Å²) in [5.41, 5.74) is 4.93. The summed E-state index contributed by atoms with van der Waals surface area (Å²) in [7, 11) is 1.41. The van der Waals surface area contributed by atoms with E-state index >= 15 is 0 Å². The van der Waals surface area contributed by atoms with Gasteiger partial charge in [-0.2, -0.15) is 18.3 Å². The van der Waals surface area contributed by atoms with E-state index in [0.29, 0.717) is 55.1 Å². The number of nitrogens with one attached hydrogen (secondary N) is 2. The van der Waals surface area contributed by atoms with Crippen molar-refractivity contribution in [1.29, 1.82) is 0 Å². The van der Waals surface area contributed by atoms with E-state index in [0.717, 1.165) is 49.6 Å². The van der Waals surface area contributed by atoms with E-state index in [1.807, 2.05) is 9.80 Å². The number of halogens is 4. The van der Waals surface area contributed by atoms with Crippen molar-refractivity contribution in [2.24, 2.45) is 18.9 Å². The molecule has 1 aromatic carbocycles. The molecule has 0 radical (unpaired) electrons. The lowest BCUT2D eigenvalue weighted by atomic mass is 9.90. The number of amides is 3. The highest BCUT2D eigenvalue weighted by molar-refractivity contribution is 6.34. The molecule has 2 unspecified atom stereocenters. The zero-order valence-electron chi connectivity index (χ0n) is 32.2. The molecule has 4 aliphatic heterocycles. The molecule has 16 nitrogen and oxygen atoms in total. The summed E-state index contributed by atoms with van der Waals surface area (Å²) in [5.74, 6) is -1.57. The third-order valence-electron chi connectivity index (χ3n) is 12.2. The number of pyridine rings is 1. The van der Waals surface area contributed by atoms with Gasteiger partial charge in [0, 0.05) is 69.8 Å². The average Bonchev–Trinajstić information content (AvgIpc) is 3.86. The van der Waals surface area contributed by atoms with Crippen LogP contribution in [-0.2, 0) is 22.8 Å². The zero-order valence-corrected chi connectivity index (χ0v) is 32.9. The molecule has 0 spiro atoms. The minimum absolute atomic E-state index is 0.0208. The summed E-state index contributed by atoms with van der Waals surface area (Å²) < 4.78 is 45.1. The number of carbonyl (C=O) groups excluding carboxylic acids is 3. The second-order valence-electron chi connectivity index (χ2n) is 16.1. The van der Waals surface area contributed by atoms with E-state index < -0.39 is 23.7 Å². The lowest BCUT2D eigenvalue weighted by molar-refractivity contribution is -0.929. The predicted molar refractivity (Wildman–Crippen MR) is 208 cm³/mol. The van der Waals surface area contributed by atoms with Crippen molar-refractivity contribution in [1.82, 2.24) is 39.4 Å². The Morgan fingerprint density at radius 1 is 1.02 bits per heavy atom. The van der Waals surface area contributed by atoms with Gasteiger partial charge in [0.25, 0.3) is 11.8 Å². The maximum absolute atomic E-state index is 14.1. The number of nitrogens with two attached hydrogens (primary N) is 1. The first-order valence-electron chi connectivity index (χ1n) is 19.5. The Hall–Kier alpha value is -5.53. The van der Waals surface area contributed by atoms with Gasteiger partial charge in [-0.1, -0.05) is 11.6 Å². The molecule has 2 bridgehead atoms. The van der Waals surface area contributed by atoms with Crippen molar-refractivity contribution in [3.63, 3.8) is 0 Å². The van der Waals surface area contributed by atoms with Crippen LogP contribution in [0.1, 0.15) is 52.4 Å². The number of piperazine rings is 1. The SMILES string of the molecule is Cn1c(-c2cn(-c3ccc(N)cn3)nc2C(F)(F)F)cnc1C(=O)Nc1ccc(C(=O)N2C3CCC2CN(C(=O)C2CC[N+](CC(=O)O)(CC4CNC4)CC2)C3)c(Cl)c1. The van der Waals surface area contributed by atoms with Crippen LogP contribution in [0.2, 0.25) is 5.02 Å². The second-order valence-corrected chi connectivity index (χ2v) is 16.5. The number of benzene rings is 1. The van der Waals surface area contributed by atoms with Crippen molar-refractivity contribution >= 4 is 46.7 Å². The van der Waals surface area contributed by atoms with Crippen LogP contribution in [-0.4, -0.2) is 132 Å². The molecule has 4 aliphatic rings. The molecule has 4 saturated heterocycles. The Labute approximate surface area is 341 Å². The molecule has 59 heavy (non-hydrogen) atoms. The van der Waals surface area contributed by atoms with E-state index in [2.05, 4.69) is 25.7 Å². The van der Waals surface area contributed by atoms with Crippen LogP contribution >= 0.6 is 11.6 Å². The van der Waals surface area contributed by atoms with Crippen LogP contribution in [0.15, 0.2) is 48.9 Å². The summed E-state index contributed by atoms with van der Waals surface area (Å²) in [4.78, 5) is 64.7. The molecule has 312 valence electrons.